The molecule has 1 aliphatic carbocycles. The van der Waals surface area contributed by atoms with Gasteiger partial charge in [0, 0.05) is 5.56 Å². The van der Waals surface area contributed by atoms with Gasteiger partial charge in [0.05, 0.1) is 35.1 Å². The van der Waals surface area contributed by atoms with Crippen LogP contribution in [0.5, 0.6) is 11.5 Å². The molecule has 3 rings (SSSR count). The van der Waals surface area contributed by atoms with Gasteiger partial charge in [-0.3, -0.25) is 14.4 Å². The van der Waals surface area contributed by atoms with Crippen molar-refractivity contribution >= 4 is 28.7 Å². The van der Waals surface area contributed by atoms with Gasteiger partial charge in [-0.05, 0) is 25.1 Å². The fraction of sp³-hybridized carbons (Fsp3) is 0.188. The zero-order chi connectivity index (χ0) is 16.0. The number of methoxy groups -OCH3 is 2. The van der Waals surface area contributed by atoms with Crippen LogP contribution in [0.1, 0.15) is 47.8 Å². The van der Waals surface area contributed by atoms with E-state index < -0.39 is 0 Å². The van der Waals surface area contributed by atoms with Crippen LogP contribution in [0.2, 0.25) is 0 Å². The predicted octanol–water partition coefficient (Wildman–Crippen LogP) is 2.74. The maximum Gasteiger partial charge on any atom is 0.208 e. The largest absolute Gasteiger partial charge is 0.496 e. The Morgan fingerprint density at radius 3 is 2.05 bits per heavy atom. The lowest BCUT2D eigenvalue weighted by Crippen LogP contribution is -2.20. The lowest BCUT2D eigenvalue weighted by atomic mass is 9.87. The summed E-state index contributed by atoms with van der Waals surface area (Å²) in [5.74, 6) is -0.196. The lowest BCUT2D eigenvalue weighted by molar-refractivity contribution is 0.0977. The number of hydrogen-bond donors (Lipinski definition) is 0. The summed E-state index contributed by atoms with van der Waals surface area (Å²) in [5, 5.41) is 0. The van der Waals surface area contributed by atoms with E-state index in [1.54, 1.807) is 12.1 Å². The Balaban J connectivity index is 2.32. The standard InChI is InChI=1S/C16H12O5S/c1-7(17)11-6-8-14(18)12-9(20-2)4-5-10(21-3)13(12)15(19)16(8)22-11/h4-6H,1-3H3. The van der Waals surface area contributed by atoms with Crippen molar-refractivity contribution in [2.24, 2.45) is 0 Å². The first-order valence-corrected chi connectivity index (χ1v) is 7.30. The van der Waals surface area contributed by atoms with Gasteiger partial charge in [-0.15, -0.1) is 11.3 Å². The molecule has 0 amide bonds. The number of ketones is 3. The van der Waals surface area contributed by atoms with Crippen LogP contribution in [0.25, 0.3) is 0 Å². The second-order valence-corrected chi connectivity index (χ2v) is 5.84. The van der Waals surface area contributed by atoms with Gasteiger partial charge in [0.15, 0.2) is 11.6 Å². The maximum absolute atomic E-state index is 12.7. The van der Waals surface area contributed by atoms with Crippen LogP contribution in [0, 0.1) is 0 Å². The average molecular weight is 316 g/mol. The maximum atomic E-state index is 12.7. The van der Waals surface area contributed by atoms with Crippen molar-refractivity contribution in [1.29, 1.82) is 0 Å². The van der Waals surface area contributed by atoms with Crippen LogP contribution < -0.4 is 9.47 Å². The quantitative estimate of drug-likeness (QED) is 0.695. The Hall–Kier alpha value is -2.47. The molecule has 1 aromatic carbocycles. The average Bonchev–Trinajstić information content (AvgIpc) is 2.97. The van der Waals surface area contributed by atoms with Crippen molar-refractivity contribution in [3.63, 3.8) is 0 Å². The minimum Gasteiger partial charge on any atom is -0.496 e. The topological polar surface area (TPSA) is 69.7 Å². The van der Waals surface area contributed by atoms with Gasteiger partial charge >= 0.3 is 0 Å². The summed E-state index contributed by atoms with van der Waals surface area (Å²) in [7, 11) is 2.87. The van der Waals surface area contributed by atoms with Gasteiger partial charge in [0.2, 0.25) is 5.78 Å². The van der Waals surface area contributed by atoms with Crippen molar-refractivity contribution in [2.45, 2.75) is 6.92 Å². The van der Waals surface area contributed by atoms with Gasteiger partial charge < -0.3 is 9.47 Å². The smallest absolute Gasteiger partial charge is 0.208 e. The van der Waals surface area contributed by atoms with Crippen LogP contribution >= 0.6 is 11.3 Å². The summed E-state index contributed by atoms with van der Waals surface area (Å²) in [4.78, 5) is 37.7. The highest BCUT2D eigenvalue weighted by Gasteiger charge is 2.37. The molecule has 0 unspecified atom stereocenters. The molecule has 0 saturated heterocycles. The highest BCUT2D eigenvalue weighted by molar-refractivity contribution is 7.16. The monoisotopic (exact) mass is 316 g/mol. The number of thiophene rings is 1. The van der Waals surface area contributed by atoms with E-state index in [4.69, 9.17) is 9.47 Å². The van der Waals surface area contributed by atoms with Gasteiger partial charge in [0.25, 0.3) is 0 Å². The molecule has 6 heteroatoms. The second kappa shape index (κ2) is 5.06. The third-order valence-corrected chi connectivity index (χ3v) is 4.79. The second-order valence-electron chi connectivity index (χ2n) is 4.79. The molecular weight excluding hydrogens is 304 g/mol. The summed E-state index contributed by atoms with van der Waals surface area (Å²) in [5.41, 5.74) is 0.628. The molecule has 2 aromatic rings. The highest BCUT2D eigenvalue weighted by Crippen LogP contribution is 2.41. The molecule has 0 fully saturated rings. The molecule has 0 spiro atoms. The summed E-state index contributed by atoms with van der Waals surface area (Å²) in [6, 6.07) is 4.66. The van der Waals surface area contributed by atoms with Crippen molar-refractivity contribution in [3.8, 4) is 11.5 Å². The predicted molar refractivity (Wildman–Crippen MR) is 80.7 cm³/mol. The van der Waals surface area contributed by atoms with Gasteiger partial charge in [-0.1, -0.05) is 0 Å². The van der Waals surface area contributed by atoms with Crippen molar-refractivity contribution in [3.05, 3.63) is 44.6 Å². The fourth-order valence-electron chi connectivity index (χ4n) is 2.51. The Morgan fingerprint density at radius 1 is 1.00 bits per heavy atom. The zero-order valence-electron chi connectivity index (χ0n) is 12.2. The van der Waals surface area contributed by atoms with E-state index in [0.717, 1.165) is 11.3 Å². The molecule has 5 nitrogen and oxygen atoms in total. The van der Waals surface area contributed by atoms with Crippen LogP contribution in [0.4, 0.5) is 0 Å². The number of benzene rings is 1. The molecule has 1 heterocycles. The Labute approximate surface area is 130 Å². The molecular formula is C16H12O5S. The number of carbonyl (C=O) groups is 3. The zero-order valence-corrected chi connectivity index (χ0v) is 13.0. The van der Waals surface area contributed by atoms with Crippen molar-refractivity contribution in [1.82, 2.24) is 0 Å². The number of Topliss-reactive ketones (excluding diaryl/α,β-unsaturated/α-hetero) is 1. The molecule has 0 saturated carbocycles. The fourth-order valence-corrected chi connectivity index (χ4v) is 3.50. The number of carbonyl (C=O) groups excluding carboxylic acids is 3. The Kier molecular flexibility index (Phi) is 3.33. The molecule has 1 aliphatic rings. The number of ether oxygens (including phenoxy) is 2. The van der Waals surface area contributed by atoms with Gasteiger partial charge in [0.1, 0.15) is 11.5 Å². The number of fused-ring (bicyclic) bond motifs is 2. The first-order chi connectivity index (χ1) is 10.5. The molecule has 0 atom stereocenters. The van der Waals surface area contributed by atoms with E-state index in [2.05, 4.69) is 0 Å². The van der Waals surface area contributed by atoms with Crippen LogP contribution in [0.3, 0.4) is 0 Å². The minimum absolute atomic E-state index is 0.178. The van der Waals surface area contributed by atoms with E-state index in [9.17, 15) is 14.4 Å². The molecule has 1 aromatic heterocycles. The van der Waals surface area contributed by atoms with Gasteiger partial charge in [-0.25, -0.2) is 0 Å². The van der Waals surface area contributed by atoms with Crippen molar-refractivity contribution < 1.29 is 23.9 Å². The summed E-state index contributed by atoms with van der Waals surface area (Å²) in [6.07, 6.45) is 0. The van der Waals surface area contributed by atoms with Crippen molar-refractivity contribution in [2.75, 3.05) is 14.2 Å². The molecule has 0 bridgehead atoms. The molecule has 22 heavy (non-hydrogen) atoms. The summed E-state index contributed by atoms with van der Waals surface area (Å²) in [6.45, 7) is 1.40. The number of rotatable bonds is 3. The van der Waals surface area contributed by atoms with Crippen LogP contribution in [-0.4, -0.2) is 31.6 Å². The van der Waals surface area contributed by atoms with Crippen LogP contribution in [-0.2, 0) is 0 Å². The normalized spacial score (nSPS) is 12.7. The Bertz CT molecular complexity index is 771. The van der Waals surface area contributed by atoms with E-state index in [1.807, 2.05) is 0 Å². The van der Waals surface area contributed by atoms with E-state index in [-0.39, 0.29) is 38.9 Å². The summed E-state index contributed by atoms with van der Waals surface area (Å²) >= 11 is 1.04. The van der Waals surface area contributed by atoms with Crippen LogP contribution in [0.15, 0.2) is 18.2 Å². The van der Waals surface area contributed by atoms with E-state index in [0.29, 0.717) is 16.4 Å². The molecule has 0 radical (unpaired) electrons. The SMILES string of the molecule is COc1ccc(OC)c2c1C(=O)c1cc(C(C)=O)sc1C2=O. The minimum atomic E-state index is -0.330. The van der Waals surface area contributed by atoms with E-state index >= 15 is 0 Å². The van der Waals surface area contributed by atoms with E-state index in [1.165, 1.54) is 27.2 Å². The highest BCUT2D eigenvalue weighted by atomic mass is 32.1. The summed E-state index contributed by atoms with van der Waals surface area (Å²) < 4.78 is 10.4. The third kappa shape index (κ3) is 1.88. The van der Waals surface area contributed by atoms with Gasteiger partial charge in [-0.2, -0.15) is 0 Å². The molecule has 0 N–H and O–H groups in total. The Morgan fingerprint density at radius 2 is 1.55 bits per heavy atom. The molecule has 112 valence electrons. The third-order valence-electron chi connectivity index (χ3n) is 3.55. The molecule has 0 aliphatic heterocycles. The first-order valence-electron chi connectivity index (χ1n) is 6.48. The first kappa shape index (κ1) is 14.5. The number of hydrogen-bond acceptors (Lipinski definition) is 6. The lowest BCUT2D eigenvalue weighted by Gasteiger charge is -2.19.